The first-order valence-electron chi connectivity index (χ1n) is 4.75. The molecule has 88 valence electrons. The predicted molar refractivity (Wildman–Crippen MR) is 54.4 cm³/mol. The Balaban J connectivity index is 2.97. The zero-order chi connectivity index (χ0) is 12.3. The van der Waals surface area contributed by atoms with Gasteiger partial charge in [0, 0.05) is 5.57 Å². The second kappa shape index (κ2) is 4.46. The van der Waals surface area contributed by atoms with Gasteiger partial charge in [-0.2, -0.15) is 0 Å². The summed E-state index contributed by atoms with van der Waals surface area (Å²) in [6.07, 6.45) is 4.51. The number of hydroxylamine groups is 2. The van der Waals surface area contributed by atoms with Gasteiger partial charge in [0.25, 0.3) is 11.8 Å². The van der Waals surface area contributed by atoms with E-state index in [4.69, 9.17) is 10.4 Å². The Hall–Kier alpha value is -1.66. The van der Waals surface area contributed by atoms with Gasteiger partial charge in [-0.05, 0) is 12.8 Å². The summed E-state index contributed by atoms with van der Waals surface area (Å²) < 4.78 is 0. The number of rotatable bonds is 2. The molecule has 0 bridgehead atoms. The van der Waals surface area contributed by atoms with E-state index >= 15 is 0 Å². The largest absolute Gasteiger partial charge is 0.289 e. The first kappa shape index (κ1) is 12.4. The molecule has 16 heavy (non-hydrogen) atoms. The smallest absolute Gasteiger partial charge is 0.274 e. The van der Waals surface area contributed by atoms with Crippen molar-refractivity contribution in [1.29, 1.82) is 0 Å². The van der Waals surface area contributed by atoms with Crippen molar-refractivity contribution in [2.24, 2.45) is 11.3 Å². The maximum Gasteiger partial charge on any atom is 0.274 e. The highest BCUT2D eigenvalue weighted by Gasteiger charge is 2.37. The molecule has 2 unspecified atom stereocenters. The fourth-order valence-corrected chi connectivity index (χ4v) is 1.53. The summed E-state index contributed by atoms with van der Waals surface area (Å²) in [6, 6.07) is 0. The summed E-state index contributed by atoms with van der Waals surface area (Å²) in [4.78, 5) is 22.6. The molecular weight excluding hydrogens is 212 g/mol. The van der Waals surface area contributed by atoms with Crippen LogP contribution in [0.2, 0.25) is 0 Å². The van der Waals surface area contributed by atoms with Crippen LogP contribution in [0.5, 0.6) is 0 Å². The van der Waals surface area contributed by atoms with Crippen LogP contribution in [0, 0.1) is 11.3 Å². The Kier molecular flexibility index (Phi) is 3.46. The molecule has 0 radical (unpaired) electrons. The number of nitrogens with one attached hydrogen (secondary N) is 2. The van der Waals surface area contributed by atoms with Crippen molar-refractivity contribution in [2.75, 3.05) is 0 Å². The Labute approximate surface area is 92.6 Å². The molecular formula is C10H14N2O4. The molecule has 2 amide bonds. The van der Waals surface area contributed by atoms with E-state index in [1.54, 1.807) is 25.4 Å². The molecule has 0 saturated carbocycles. The average molecular weight is 226 g/mol. The average Bonchev–Trinajstić information content (AvgIpc) is 2.30. The summed E-state index contributed by atoms with van der Waals surface area (Å²) in [5, 5.41) is 17.1. The van der Waals surface area contributed by atoms with Crippen molar-refractivity contribution in [3.8, 4) is 0 Å². The minimum Gasteiger partial charge on any atom is -0.289 e. The van der Waals surface area contributed by atoms with E-state index in [1.165, 1.54) is 17.6 Å². The van der Waals surface area contributed by atoms with Crippen molar-refractivity contribution in [3.63, 3.8) is 0 Å². The third-order valence-corrected chi connectivity index (χ3v) is 2.94. The van der Waals surface area contributed by atoms with Gasteiger partial charge in [-0.25, -0.2) is 11.0 Å². The van der Waals surface area contributed by atoms with Crippen LogP contribution < -0.4 is 11.0 Å². The lowest BCUT2D eigenvalue weighted by Crippen LogP contribution is -2.41. The number of allylic oxidation sites excluding steroid dienone is 1. The fraction of sp³-hybridized carbons (Fsp3) is 0.400. The summed E-state index contributed by atoms with van der Waals surface area (Å²) in [6.45, 7) is 3.38. The lowest BCUT2D eigenvalue weighted by Gasteiger charge is -2.31. The van der Waals surface area contributed by atoms with E-state index in [0.29, 0.717) is 0 Å². The minimum atomic E-state index is -0.909. The SMILES string of the molecule is CC1C=C(C(=O)NO)C=CC1(C)C(=O)NO. The highest BCUT2D eigenvalue weighted by atomic mass is 16.5. The topological polar surface area (TPSA) is 98.7 Å². The Morgan fingerprint density at radius 3 is 2.44 bits per heavy atom. The molecule has 0 spiro atoms. The molecule has 0 saturated heterocycles. The predicted octanol–water partition coefficient (Wildman–Crippen LogP) is 0.136. The van der Waals surface area contributed by atoms with Gasteiger partial charge in [-0.15, -0.1) is 0 Å². The molecule has 0 aromatic heterocycles. The molecule has 0 aliphatic heterocycles. The van der Waals surface area contributed by atoms with Gasteiger partial charge >= 0.3 is 0 Å². The Bertz CT molecular complexity index is 375. The number of hydrogen-bond acceptors (Lipinski definition) is 4. The highest BCUT2D eigenvalue weighted by molar-refractivity contribution is 5.96. The highest BCUT2D eigenvalue weighted by Crippen LogP contribution is 2.34. The van der Waals surface area contributed by atoms with Crippen LogP contribution in [-0.2, 0) is 9.59 Å². The van der Waals surface area contributed by atoms with E-state index in [0.717, 1.165) is 0 Å². The third kappa shape index (κ3) is 1.98. The van der Waals surface area contributed by atoms with Crippen LogP contribution >= 0.6 is 0 Å². The molecule has 2 atom stereocenters. The van der Waals surface area contributed by atoms with Crippen LogP contribution in [0.4, 0.5) is 0 Å². The molecule has 0 heterocycles. The number of carbonyl (C=O) groups excluding carboxylic acids is 2. The zero-order valence-electron chi connectivity index (χ0n) is 9.02. The quantitative estimate of drug-likeness (QED) is 0.397. The van der Waals surface area contributed by atoms with Crippen LogP contribution in [0.25, 0.3) is 0 Å². The summed E-state index contributed by atoms with van der Waals surface area (Å²) in [5.41, 5.74) is 2.48. The molecule has 0 aromatic carbocycles. The zero-order valence-corrected chi connectivity index (χ0v) is 9.02. The maximum absolute atomic E-state index is 11.5. The Morgan fingerprint density at radius 1 is 1.38 bits per heavy atom. The molecule has 0 fully saturated rings. The van der Waals surface area contributed by atoms with Crippen LogP contribution in [0.15, 0.2) is 23.8 Å². The first-order chi connectivity index (χ1) is 7.45. The van der Waals surface area contributed by atoms with E-state index in [1.807, 2.05) is 0 Å². The minimum absolute atomic E-state index is 0.276. The van der Waals surface area contributed by atoms with Gasteiger partial charge in [0.2, 0.25) is 0 Å². The molecule has 1 aliphatic carbocycles. The Morgan fingerprint density at radius 2 is 2.00 bits per heavy atom. The third-order valence-electron chi connectivity index (χ3n) is 2.94. The van der Waals surface area contributed by atoms with Crippen LogP contribution in [-0.4, -0.2) is 22.2 Å². The van der Waals surface area contributed by atoms with E-state index in [-0.39, 0.29) is 11.5 Å². The maximum atomic E-state index is 11.5. The van der Waals surface area contributed by atoms with E-state index < -0.39 is 17.2 Å². The normalized spacial score (nSPS) is 28.2. The van der Waals surface area contributed by atoms with Gasteiger partial charge in [0.05, 0.1) is 5.41 Å². The monoisotopic (exact) mass is 226 g/mol. The number of carbonyl (C=O) groups is 2. The van der Waals surface area contributed by atoms with Crippen molar-refractivity contribution < 1.29 is 20.0 Å². The lowest BCUT2D eigenvalue weighted by atomic mass is 9.73. The lowest BCUT2D eigenvalue weighted by molar-refractivity contribution is -0.138. The van der Waals surface area contributed by atoms with Gasteiger partial charge in [0.1, 0.15) is 0 Å². The van der Waals surface area contributed by atoms with Crippen molar-refractivity contribution in [1.82, 2.24) is 11.0 Å². The van der Waals surface area contributed by atoms with Gasteiger partial charge < -0.3 is 0 Å². The summed E-state index contributed by atoms with van der Waals surface area (Å²) in [5.74, 6) is -1.46. The first-order valence-corrected chi connectivity index (χ1v) is 4.75. The molecule has 1 aliphatic rings. The molecule has 1 rings (SSSR count). The second-order valence-corrected chi connectivity index (χ2v) is 3.91. The number of hydrogen-bond donors (Lipinski definition) is 4. The van der Waals surface area contributed by atoms with Crippen LogP contribution in [0.3, 0.4) is 0 Å². The van der Waals surface area contributed by atoms with Crippen molar-refractivity contribution in [2.45, 2.75) is 13.8 Å². The van der Waals surface area contributed by atoms with E-state index in [9.17, 15) is 9.59 Å². The van der Waals surface area contributed by atoms with Crippen LogP contribution in [0.1, 0.15) is 13.8 Å². The molecule has 4 N–H and O–H groups in total. The summed E-state index contributed by atoms with van der Waals surface area (Å²) >= 11 is 0. The fourth-order valence-electron chi connectivity index (χ4n) is 1.53. The van der Waals surface area contributed by atoms with Gasteiger partial charge in [-0.1, -0.05) is 25.2 Å². The molecule has 6 nitrogen and oxygen atoms in total. The second-order valence-electron chi connectivity index (χ2n) is 3.91. The standard InChI is InChI=1S/C10H14N2O4/c1-6-5-7(8(13)11-15)3-4-10(6,2)9(14)12-16/h3-6,15-16H,1-2H3,(H,11,13)(H,12,14). The van der Waals surface area contributed by atoms with Gasteiger partial charge in [-0.3, -0.25) is 20.0 Å². The van der Waals surface area contributed by atoms with Crippen molar-refractivity contribution >= 4 is 11.8 Å². The van der Waals surface area contributed by atoms with Crippen molar-refractivity contribution in [3.05, 3.63) is 23.8 Å². The van der Waals surface area contributed by atoms with Gasteiger partial charge in [0.15, 0.2) is 0 Å². The summed E-state index contributed by atoms with van der Waals surface area (Å²) in [7, 11) is 0. The molecule has 6 heteroatoms. The number of amides is 2. The molecule has 0 aromatic rings. The van der Waals surface area contributed by atoms with E-state index in [2.05, 4.69) is 0 Å².